The lowest BCUT2D eigenvalue weighted by atomic mass is 9.74. The third kappa shape index (κ3) is 6.75. The van der Waals surface area contributed by atoms with Gasteiger partial charge in [-0.25, -0.2) is 9.97 Å². The third-order valence-electron chi connectivity index (χ3n) is 10.9. The molecule has 0 bridgehead atoms. The van der Waals surface area contributed by atoms with E-state index in [4.69, 9.17) is 10.7 Å². The van der Waals surface area contributed by atoms with Gasteiger partial charge in [0.1, 0.15) is 5.82 Å². The Morgan fingerprint density at radius 3 is 2.28 bits per heavy atom. The SMILES string of the molecule is CC1(c2ccc(Nc3nc(N4CCC[C@@H](NC(=O)c5ccc(C6CC6)cc5)C4)cnc3C(N)=O)cc2)CCN(C2CCCC2)CC1. The number of aromatic nitrogens is 2. The summed E-state index contributed by atoms with van der Waals surface area (Å²) in [6, 6.07) is 17.3. The summed E-state index contributed by atoms with van der Waals surface area (Å²) in [6.45, 7) is 6.13. The summed E-state index contributed by atoms with van der Waals surface area (Å²) in [6.07, 6.45) is 13.7. The van der Waals surface area contributed by atoms with Gasteiger partial charge < -0.3 is 26.2 Å². The standard InChI is InChI=1S/C37H47N7O2/c1-37(18-21-43(22-19-37)31-6-2-3-7-31)28-14-16-29(17-15-28)40-35-33(34(38)45)39-23-32(42-35)44-20-4-5-30(24-44)41-36(46)27-12-10-26(11-13-27)25-8-9-25/h10-17,23,25,30-31H,2-9,18-22,24H2,1H3,(H2,38,45)(H,40,42)(H,41,46)/t30-/m1/s1. The third-order valence-corrected chi connectivity index (χ3v) is 10.9. The molecule has 0 unspecified atom stereocenters. The van der Waals surface area contributed by atoms with Crippen molar-refractivity contribution in [1.29, 1.82) is 0 Å². The van der Waals surface area contributed by atoms with Gasteiger partial charge in [-0.3, -0.25) is 9.59 Å². The van der Waals surface area contributed by atoms with Crippen LogP contribution in [0.1, 0.15) is 109 Å². The Bertz CT molecular complexity index is 1540. The Kier molecular flexibility index (Phi) is 8.68. The lowest BCUT2D eigenvalue weighted by Crippen LogP contribution is -2.48. The highest BCUT2D eigenvalue weighted by atomic mass is 16.2. The Hall–Kier alpha value is -3.98. The Balaban J connectivity index is 1.00. The number of hydrogen-bond acceptors (Lipinski definition) is 7. The molecule has 7 rings (SSSR count). The fourth-order valence-electron chi connectivity index (χ4n) is 7.73. The number of anilines is 3. The number of rotatable bonds is 9. The van der Waals surface area contributed by atoms with Crippen molar-refractivity contribution in [3.63, 3.8) is 0 Å². The average Bonchev–Trinajstić information content (AvgIpc) is 3.79. The first-order valence-corrected chi connectivity index (χ1v) is 17.3. The first-order valence-electron chi connectivity index (χ1n) is 17.3. The van der Waals surface area contributed by atoms with E-state index >= 15 is 0 Å². The van der Waals surface area contributed by atoms with E-state index in [2.05, 4.69) is 68.7 Å². The molecule has 2 aliphatic heterocycles. The van der Waals surface area contributed by atoms with Crippen molar-refractivity contribution in [1.82, 2.24) is 20.2 Å². The predicted octanol–water partition coefficient (Wildman–Crippen LogP) is 5.89. The van der Waals surface area contributed by atoms with E-state index in [1.165, 1.54) is 75.6 Å². The van der Waals surface area contributed by atoms with Crippen LogP contribution in [0.4, 0.5) is 17.3 Å². The maximum atomic E-state index is 13.0. The van der Waals surface area contributed by atoms with Crippen LogP contribution in [0.25, 0.3) is 0 Å². The van der Waals surface area contributed by atoms with Crippen LogP contribution in [0.5, 0.6) is 0 Å². The number of amides is 2. The molecule has 2 aliphatic carbocycles. The van der Waals surface area contributed by atoms with E-state index in [0.717, 1.165) is 31.1 Å². The minimum Gasteiger partial charge on any atom is -0.364 e. The number of carbonyl (C=O) groups excluding carboxylic acids is 2. The maximum Gasteiger partial charge on any atom is 0.271 e. The highest BCUT2D eigenvalue weighted by Crippen LogP contribution is 2.40. The van der Waals surface area contributed by atoms with Crippen molar-refractivity contribution in [2.75, 3.05) is 36.4 Å². The number of nitrogens with one attached hydrogen (secondary N) is 2. The van der Waals surface area contributed by atoms with Gasteiger partial charge in [0.05, 0.1) is 6.20 Å². The van der Waals surface area contributed by atoms with Gasteiger partial charge in [0.2, 0.25) is 0 Å². The van der Waals surface area contributed by atoms with Crippen LogP contribution in [0.15, 0.2) is 54.7 Å². The van der Waals surface area contributed by atoms with Gasteiger partial charge in [-0.2, -0.15) is 0 Å². The number of piperidine rings is 2. The summed E-state index contributed by atoms with van der Waals surface area (Å²) in [5, 5.41) is 6.54. The predicted molar refractivity (Wildman–Crippen MR) is 182 cm³/mol. The minimum atomic E-state index is -0.629. The molecule has 3 aromatic rings. The summed E-state index contributed by atoms with van der Waals surface area (Å²) in [7, 11) is 0. The average molecular weight is 622 g/mol. The van der Waals surface area contributed by atoms with Crippen molar-refractivity contribution in [3.05, 3.63) is 77.1 Å². The van der Waals surface area contributed by atoms with Gasteiger partial charge in [0.15, 0.2) is 11.5 Å². The molecule has 2 saturated carbocycles. The highest BCUT2D eigenvalue weighted by Gasteiger charge is 2.35. The fraction of sp³-hybridized carbons (Fsp3) is 0.514. The molecule has 4 fully saturated rings. The molecule has 2 saturated heterocycles. The second-order valence-electron chi connectivity index (χ2n) is 14.2. The van der Waals surface area contributed by atoms with E-state index in [1.807, 2.05) is 12.1 Å². The molecule has 242 valence electrons. The van der Waals surface area contributed by atoms with Gasteiger partial charge in [0.25, 0.3) is 11.8 Å². The van der Waals surface area contributed by atoms with Crippen molar-refractivity contribution in [2.45, 2.75) is 94.5 Å². The molecule has 0 radical (unpaired) electrons. The molecule has 4 aliphatic rings. The summed E-state index contributed by atoms with van der Waals surface area (Å²) < 4.78 is 0. The van der Waals surface area contributed by atoms with Gasteiger partial charge in [-0.1, -0.05) is 44.0 Å². The van der Waals surface area contributed by atoms with Crippen molar-refractivity contribution in [3.8, 4) is 0 Å². The Morgan fingerprint density at radius 2 is 1.61 bits per heavy atom. The molecule has 1 aromatic heterocycles. The summed E-state index contributed by atoms with van der Waals surface area (Å²) in [5.74, 6) is 0.983. The molecular weight excluding hydrogens is 574 g/mol. The van der Waals surface area contributed by atoms with Crippen molar-refractivity contribution < 1.29 is 9.59 Å². The van der Waals surface area contributed by atoms with E-state index in [-0.39, 0.29) is 23.1 Å². The van der Waals surface area contributed by atoms with Crippen LogP contribution >= 0.6 is 0 Å². The first kappa shape index (κ1) is 30.7. The number of hydrogen-bond donors (Lipinski definition) is 3. The zero-order valence-corrected chi connectivity index (χ0v) is 27.0. The highest BCUT2D eigenvalue weighted by molar-refractivity contribution is 5.96. The number of carbonyl (C=O) groups is 2. The van der Waals surface area contributed by atoms with E-state index in [0.29, 0.717) is 29.7 Å². The summed E-state index contributed by atoms with van der Waals surface area (Å²) in [5.41, 5.74) is 10.2. The van der Waals surface area contributed by atoms with Crippen LogP contribution in [0, 0.1) is 0 Å². The topological polar surface area (TPSA) is 116 Å². The Labute approximate surface area is 272 Å². The first-order chi connectivity index (χ1) is 22.3. The molecule has 2 aromatic carbocycles. The van der Waals surface area contributed by atoms with Crippen molar-refractivity contribution in [2.24, 2.45) is 5.73 Å². The molecule has 2 amide bonds. The molecule has 9 nitrogen and oxygen atoms in total. The van der Waals surface area contributed by atoms with Gasteiger partial charge in [-0.15, -0.1) is 0 Å². The molecular formula is C37H47N7O2. The van der Waals surface area contributed by atoms with E-state index < -0.39 is 5.91 Å². The van der Waals surface area contributed by atoms with Crippen molar-refractivity contribution >= 4 is 29.1 Å². The van der Waals surface area contributed by atoms with Crippen LogP contribution in [0.3, 0.4) is 0 Å². The second-order valence-corrected chi connectivity index (χ2v) is 14.2. The van der Waals surface area contributed by atoms with Crippen LogP contribution in [-0.4, -0.2) is 64.9 Å². The smallest absolute Gasteiger partial charge is 0.271 e. The fourth-order valence-corrected chi connectivity index (χ4v) is 7.73. The molecule has 3 heterocycles. The molecule has 4 N–H and O–H groups in total. The van der Waals surface area contributed by atoms with Gasteiger partial charge in [-0.05, 0) is 111 Å². The summed E-state index contributed by atoms with van der Waals surface area (Å²) >= 11 is 0. The number of primary amides is 1. The zero-order valence-electron chi connectivity index (χ0n) is 27.0. The molecule has 9 heteroatoms. The molecule has 1 atom stereocenters. The normalized spacial score (nSPS) is 22.0. The summed E-state index contributed by atoms with van der Waals surface area (Å²) in [4.78, 5) is 39.4. The van der Waals surface area contributed by atoms with E-state index in [9.17, 15) is 9.59 Å². The molecule has 0 spiro atoms. The van der Waals surface area contributed by atoms with Crippen LogP contribution in [-0.2, 0) is 5.41 Å². The number of likely N-dealkylation sites (tertiary alicyclic amines) is 1. The van der Waals surface area contributed by atoms with Gasteiger partial charge >= 0.3 is 0 Å². The molecule has 46 heavy (non-hydrogen) atoms. The largest absolute Gasteiger partial charge is 0.364 e. The van der Waals surface area contributed by atoms with Crippen LogP contribution in [0.2, 0.25) is 0 Å². The number of nitrogens with two attached hydrogens (primary N) is 1. The van der Waals surface area contributed by atoms with Gasteiger partial charge in [0, 0.05) is 36.4 Å². The Morgan fingerprint density at radius 1 is 0.891 bits per heavy atom. The minimum absolute atomic E-state index is 0.0164. The monoisotopic (exact) mass is 621 g/mol. The zero-order chi connectivity index (χ0) is 31.7. The maximum absolute atomic E-state index is 13.0. The lowest BCUT2D eigenvalue weighted by molar-refractivity contribution is 0.0931. The van der Waals surface area contributed by atoms with Crippen LogP contribution < -0.4 is 21.3 Å². The second kappa shape index (κ2) is 13.0. The quantitative estimate of drug-likeness (QED) is 0.273. The number of nitrogens with zero attached hydrogens (tertiary/aromatic N) is 4. The lowest BCUT2D eigenvalue weighted by Gasteiger charge is -2.42. The number of benzene rings is 2. The van der Waals surface area contributed by atoms with E-state index in [1.54, 1.807) is 6.20 Å².